The fourth-order valence-corrected chi connectivity index (χ4v) is 0.999. The predicted molar refractivity (Wildman–Crippen MR) is 42.0 cm³/mol. The summed E-state index contributed by atoms with van der Waals surface area (Å²) in [7, 11) is 0. The lowest BCUT2D eigenvalue weighted by Gasteiger charge is -1.89. The second-order valence-corrected chi connectivity index (χ2v) is 2.38. The van der Waals surface area contributed by atoms with Gasteiger partial charge in [-0.3, -0.25) is 0 Å². The number of aryl methyl sites for hydroxylation is 2. The molecule has 0 radical (unpaired) electrons. The molecule has 0 bridgehead atoms. The van der Waals surface area contributed by atoms with E-state index < -0.39 is 0 Å². The van der Waals surface area contributed by atoms with Crippen molar-refractivity contribution in [3.05, 3.63) is 29.9 Å². The van der Waals surface area contributed by atoms with Crippen molar-refractivity contribution in [1.82, 2.24) is 9.97 Å². The standard InChI is InChI=1S/C8H12N2/c1-4-5-8-6(2)9-7(3)10-8/h4H,1,5H2,2-3H3,(H,9,10). The Morgan fingerprint density at radius 2 is 2.30 bits per heavy atom. The van der Waals surface area contributed by atoms with Gasteiger partial charge in [-0.15, -0.1) is 6.58 Å². The number of H-pyrrole nitrogens is 1. The summed E-state index contributed by atoms with van der Waals surface area (Å²) in [5, 5.41) is 0. The van der Waals surface area contributed by atoms with Crippen molar-refractivity contribution in [1.29, 1.82) is 0 Å². The first kappa shape index (κ1) is 7.06. The summed E-state index contributed by atoms with van der Waals surface area (Å²) < 4.78 is 0. The Labute approximate surface area is 61.0 Å². The van der Waals surface area contributed by atoms with Crippen LogP contribution in [0, 0.1) is 13.8 Å². The molecule has 1 aromatic rings. The monoisotopic (exact) mass is 136 g/mol. The highest BCUT2D eigenvalue weighted by molar-refractivity contribution is 5.14. The van der Waals surface area contributed by atoms with Gasteiger partial charge in [0.15, 0.2) is 0 Å². The van der Waals surface area contributed by atoms with Gasteiger partial charge in [0.2, 0.25) is 0 Å². The molecule has 0 unspecified atom stereocenters. The molecule has 0 amide bonds. The molecular weight excluding hydrogens is 124 g/mol. The highest BCUT2D eigenvalue weighted by Gasteiger charge is 1.99. The van der Waals surface area contributed by atoms with Gasteiger partial charge in [-0.1, -0.05) is 6.08 Å². The summed E-state index contributed by atoms with van der Waals surface area (Å²) >= 11 is 0. The Kier molecular flexibility index (Phi) is 1.90. The third kappa shape index (κ3) is 1.26. The molecule has 0 aromatic carbocycles. The Hall–Kier alpha value is -1.05. The van der Waals surface area contributed by atoms with Crippen molar-refractivity contribution < 1.29 is 0 Å². The molecular formula is C8H12N2. The van der Waals surface area contributed by atoms with Crippen molar-refractivity contribution >= 4 is 0 Å². The zero-order valence-electron chi connectivity index (χ0n) is 6.44. The second kappa shape index (κ2) is 2.69. The van der Waals surface area contributed by atoms with Crippen LogP contribution in [0.2, 0.25) is 0 Å². The van der Waals surface area contributed by atoms with Gasteiger partial charge in [-0.2, -0.15) is 0 Å². The van der Waals surface area contributed by atoms with Crippen LogP contribution in [0.5, 0.6) is 0 Å². The van der Waals surface area contributed by atoms with Crippen LogP contribution >= 0.6 is 0 Å². The molecule has 54 valence electrons. The van der Waals surface area contributed by atoms with E-state index >= 15 is 0 Å². The van der Waals surface area contributed by atoms with Crippen molar-refractivity contribution in [3.63, 3.8) is 0 Å². The molecule has 2 heteroatoms. The summed E-state index contributed by atoms with van der Waals surface area (Å²) in [6.45, 7) is 7.62. The van der Waals surface area contributed by atoms with Crippen LogP contribution in [0.25, 0.3) is 0 Å². The summed E-state index contributed by atoms with van der Waals surface area (Å²) in [5.41, 5.74) is 2.25. The lowest BCUT2D eigenvalue weighted by molar-refractivity contribution is 1.09. The smallest absolute Gasteiger partial charge is 0.103 e. The van der Waals surface area contributed by atoms with E-state index in [0.29, 0.717) is 0 Å². The van der Waals surface area contributed by atoms with Gasteiger partial charge in [-0.25, -0.2) is 4.98 Å². The van der Waals surface area contributed by atoms with Gasteiger partial charge in [0, 0.05) is 12.1 Å². The van der Waals surface area contributed by atoms with E-state index in [-0.39, 0.29) is 0 Å². The average Bonchev–Trinajstić information content (AvgIpc) is 2.13. The summed E-state index contributed by atoms with van der Waals surface area (Å²) in [6, 6.07) is 0. The fraction of sp³-hybridized carbons (Fsp3) is 0.375. The van der Waals surface area contributed by atoms with Crippen LogP contribution in [0.1, 0.15) is 17.2 Å². The molecule has 0 fully saturated rings. The third-order valence-corrected chi connectivity index (χ3v) is 1.45. The number of imidazole rings is 1. The van der Waals surface area contributed by atoms with Crippen molar-refractivity contribution in [2.45, 2.75) is 20.3 Å². The first-order chi connectivity index (χ1) is 4.74. The van der Waals surface area contributed by atoms with Crippen LogP contribution in [0.15, 0.2) is 12.7 Å². The van der Waals surface area contributed by atoms with Gasteiger partial charge in [-0.05, 0) is 13.8 Å². The Morgan fingerprint density at radius 3 is 2.70 bits per heavy atom. The minimum atomic E-state index is 0.882. The van der Waals surface area contributed by atoms with Gasteiger partial charge in [0.1, 0.15) is 5.82 Å². The number of hydrogen-bond donors (Lipinski definition) is 1. The fourth-order valence-electron chi connectivity index (χ4n) is 0.999. The number of rotatable bonds is 2. The van der Waals surface area contributed by atoms with Gasteiger partial charge >= 0.3 is 0 Å². The molecule has 0 saturated heterocycles. The van der Waals surface area contributed by atoms with Crippen LogP contribution in [0.4, 0.5) is 0 Å². The van der Waals surface area contributed by atoms with E-state index in [4.69, 9.17) is 0 Å². The van der Waals surface area contributed by atoms with Crippen molar-refractivity contribution in [3.8, 4) is 0 Å². The van der Waals surface area contributed by atoms with Crippen LogP contribution in [-0.4, -0.2) is 9.97 Å². The summed E-state index contributed by atoms with van der Waals surface area (Å²) in [4.78, 5) is 7.39. The maximum absolute atomic E-state index is 4.23. The third-order valence-electron chi connectivity index (χ3n) is 1.45. The molecule has 10 heavy (non-hydrogen) atoms. The first-order valence-electron chi connectivity index (χ1n) is 3.37. The molecule has 1 N–H and O–H groups in total. The molecule has 0 saturated carbocycles. The molecule has 0 atom stereocenters. The molecule has 0 aliphatic rings. The quantitative estimate of drug-likeness (QED) is 0.616. The first-order valence-corrected chi connectivity index (χ1v) is 3.37. The zero-order chi connectivity index (χ0) is 7.56. The molecule has 1 heterocycles. The van der Waals surface area contributed by atoms with E-state index in [0.717, 1.165) is 17.9 Å². The number of nitrogens with one attached hydrogen (secondary N) is 1. The normalized spacial score (nSPS) is 9.80. The molecule has 0 aliphatic heterocycles. The number of aromatic amines is 1. The van der Waals surface area contributed by atoms with Gasteiger partial charge in [0.05, 0.1) is 5.69 Å². The maximum Gasteiger partial charge on any atom is 0.103 e. The predicted octanol–water partition coefficient (Wildman–Crippen LogP) is 1.76. The minimum Gasteiger partial charge on any atom is -0.346 e. The van der Waals surface area contributed by atoms with Crippen LogP contribution in [-0.2, 0) is 6.42 Å². The van der Waals surface area contributed by atoms with Crippen LogP contribution in [0.3, 0.4) is 0 Å². The van der Waals surface area contributed by atoms with Crippen molar-refractivity contribution in [2.24, 2.45) is 0 Å². The number of aromatic nitrogens is 2. The molecule has 2 nitrogen and oxygen atoms in total. The SMILES string of the molecule is C=CCc1[nH]c(C)nc1C. The summed E-state index contributed by atoms with van der Waals surface area (Å²) in [6.07, 6.45) is 2.76. The number of allylic oxidation sites excluding steroid dienone is 1. The van der Waals surface area contributed by atoms with E-state index in [9.17, 15) is 0 Å². The van der Waals surface area contributed by atoms with Gasteiger partial charge in [0.25, 0.3) is 0 Å². The number of hydrogen-bond acceptors (Lipinski definition) is 1. The number of nitrogens with zero attached hydrogens (tertiary/aromatic N) is 1. The van der Waals surface area contributed by atoms with Crippen LogP contribution < -0.4 is 0 Å². The molecule has 0 spiro atoms. The molecule has 1 rings (SSSR count). The van der Waals surface area contributed by atoms with E-state index in [1.807, 2.05) is 19.9 Å². The zero-order valence-corrected chi connectivity index (χ0v) is 6.44. The lowest BCUT2D eigenvalue weighted by Crippen LogP contribution is -1.83. The summed E-state index contributed by atoms with van der Waals surface area (Å²) in [5.74, 6) is 0.981. The maximum atomic E-state index is 4.23. The van der Waals surface area contributed by atoms with E-state index in [2.05, 4.69) is 16.5 Å². The molecule has 1 aromatic heterocycles. The highest BCUT2D eigenvalue weighted by Crippen LogP contribution is 2.04. The second-order valence-electron chi connectivity index (χ2n) is 2.38. The van der Waals surface area contributed by atoms with Crippen molar-refractivity contribution in [2.75, 3.05) is 0 Å². The van der Waals surface area contributed by atoms with Gasteiger partial charge < -0.3 is 4.98 Å². The highest BCUT2D eigenvalue weighted by atomic mass is 14.9. The Morgan fingerprint density at radius 1 is 1.60 bits per heavy atom. The van der Waals surface area contributed by atoms with E-state index in [1.165, 1.54) is 5.69 Å². The largest absolute Gasteiger partial charge is 0.346 e. The minimum absolute atomic E-state index is 0.882. The lowest BCUT2D eigenvalue weighted by atomic mass is 10.3. The average molecular weight is 136 g/mol. The van der Waals surface area contributed by atoms with E-state index in [1.54, 1.807) is 0 Å². The topological polar surface area (TPSA) is 28.7 Å². The Balaban J connectivity index is 2.91. The molecule has 0 aliphatic carbocycles. The Bertz CT molecular complexity index is 235.